The largest absolute Gasteiger partial charge is 0.353 e. The fourth-order valence-corrected chi connectivity index (χ4v) is 1.71. The van der Waals surface area contributed by atoms with E-state index in [1.54, 1.807) is 0 Å². The molecule has 82 valence electrons. The lowest BCUT2D eigenvalue weighted by Crippen LogP contribution is -2.31. The normalized spacial score (nSPS) is 17.5. The Morgan fingerprint density at radius 2 is 2.00 bits per heavy atom. The van der Waals surface area contributed by atoms with Crippen molar-refractivity contribution in [2.75, 3.05) is 11.9 Å². The monoisotopic (exact) mass is 206 g/mol. The molecule has 0 radical (unpaired) electrons. The first-order valence-corrected chi connectivity index (χ1v) is 5.47. The van der Waals surface area contributed by atoms with Crippen molar-refractivity contribution in [3.05, 3.63) is 17.5 Å². The van der Waals surface area contributed by atoms with Crippen molar-refractivity contribution < 1.29 is 0 Å². The molecule has 0 saturated heterocycles. The smallest absolute Gasteiger partial charge is 0.223 e. The predicted molar refractivity (Wildman–Crippen MR) is 60.7 cm³/mol. The van der Waals surface area contributed by atoms with Gasteiger partial charge < -0.3 is 11.1 Å². The van der Waals surface area contributed by atoms with Gasteiger partial charge in [-0.3, -0.25) is 0 Å². The number of nitrogens with two attached hydrogens (primary N) is 1. The van der Waals surface area contributed by atoms with E-state index in [1.165, 1.54) is 12.8 Å². The van der Waals surface area contributed by atoms with Gasteiger partial charge in [0.15, 0.2) is 0 Å². The van der Waals surface area contributed by atoms with E-state index in [1.807, 2.05) is 19.9 Å². The van der Waals surface area contributed by atoms with Gasteiger partial charge in [-0.2, -0.15) is 0 Å². The molecule has 1 aliphatic rings. The van der Waals surface area contributed by atoms with Crippen molar-refractivity contribution >= 4 is 5.95 Å². The van der Waals surface area contributed by atoms with Gasteiger partial charge in [0.25, 0.3) is 0 Å². The Morgan fingerprint density at radius 1 is 1.40 bits per heavy atom. The Hall–Kier alpha value is -1.16. The first-order chi connectivity index (χ1) is 7.15. The lowest BCUT2D eigenvalue weighted by Gasteiger charge is -2.11. The molecule has 1 saturated carbocycles. The van der Waals surface area contributed by atoms with Crippen molar-refractivity contribution in [1.82, 2.24) is 9.97 Å². The third-order valence-electron chi connectivity index (χ3n) is 2.71. The van der Waals surface area contributed by atoms with E-state index in [4.69, 9.17) is 5.73 Å². The molecular formula is C11H18N4. The van der Waals surface area contributed by atoms with E-state index in [9.17, 15) is 0 Å². The van der Waals surface area contributed by atoms with Crippen LogP contribution in [0.2, 0.25) is 0 Å². The Kier molecular flexibility index (Phi) is 2.86. The molecule has 1 aromatic rings. The summed E-state index contributed by atoms with van der Waals surface area (Å²) in [6.07, 6.45) is 2.55. The van der Waals surface area contributed by atoms with E-state index in [0.29, 0.717) is 11.9 Å². The molecule has 0 aromatic carbocycles. The van der Waals surface area contributed by atoms with Gasteiger partial charge in [0.05, 0.1) is 0 Å². The average molecular weight is 206 g/mol. The number of nitrogens with zero attached hydrogens (tertiary/aromatic N) is 2. The Balaban J connectivity index is 1.91. The average Bonchev–Trinajstić information content (AvgIpc) is 2.95. The van der Waals surface area contributed by atoms with Gasteiger partial charge >= 0.3 is 0 Å². The molecule has 0 spiro atoms. The fourth-order valence-electron chi connectivity index (χ4n) is 1.71. The van der Waals surface area contributed by atoms with Gasteiger partial charge in [0.1, 0.15) is 0 Å². The minimum atomic E-state index is 0.245. The summed E-state index contributed by atoms with van der Waals surface area (Å²) in [6.45, 7) is 4.72. The van der Waals surface area contributed by atoms with Gasteiger partial charge in [0, 0.05) is 24.0 Å². The summed E-state index contributed by atoms with van der Waals surface area (Å²) in [5, 5.41) is 3.20. The number of hydrogen-bond donors (Lipinski definition) is 2. The van der Waals surface area contributed by atoms with Gasteiger partial charge in [-0.15, -0.1) is 0 Å². The third-order valence-corrected chi connectivity index (χ3v) is 2.71. The zero-order chi connectivity index (χ0) is 10.8. The Bertz CT molecular complexity index is 326. The summed E-state index contributed by atoms with van der Waals surface area (Å²) < 4.78 is 0. The zero-order valence-corrected chi connectivity index (χ0v) is 9.33. The molecule has 4 nitrogen and oxygen atoms in total. The van der Waals surface area contributed by atoms with Crippen LogP contribution in [0.25, 0.3) is 0 Å². The Morgan fingerprint density at radius 3 is 2.53 bits per heavy atom. The van der Waals surface area contributed by atoms with Crippen LogP contribution in [0.15, 0.2) is 6.07 Å². The first-order valence-electron chi connectivity index (χ1n) is 5.47. The molecule has 1 heterocycles. The summed E-state index contributed by atoms with van der Waals surface area (Å²) in [5.74, 6) is 1.41. The SMILES string of the molecule is Cc1cc(C)nc(NCC(N)C2CC2)n1. The van der Waals surface area contributed by atoms with Crippen molar-refractivity contribution in [2.24, 2.45) is 11.7 Å². The van der Waals surface area contributed by atoms with E-state index in [0.717, 1.165) is 17.9 Å². The summed E-state index contributed by atoms with van der Waals surface area (Å²) >= 11 is 0. The Labute approximate surface area is 90.3 Å². The van der Waals surface area contributed by atoms with Crippen LogP contribution < -0.4 is 11.1 Å². The van der Waals surface area contributed by atoms with Gasteiger partial charge in [0.2, 0.25) is 5.95 Å². The maximum absolute atomic E-state index is 5.98. The molecule has 1 atom stereocenters. The van der Waals surface area contributed by atoms with E-state index < -0.39 is 0 Å². The van der Waals surface area contributed by atoms with E-state index >= 15 is 0 Å². The second-order valence-electron chi connectivity index (χ2n) is 4.36. The van der Waals surface area contributed by atoms with Gasteiger partial charge in [-0.05, 0) is 38.7 Å². The standard InChI is InChI=1S/C11H18N4/c1-7-5-8(2)15-11(14-7)13-6-10(12)9-3-4-9/h5,9-10H,3-4,6,12H2,1-2H3,(H,13,14,15). The van der Waals surface area contributed by atoms with Crippen LogP contribution in [0.1, 0.15) is 24.2 Å². The summed E-state index contributed by atoms with van der Waals surface area (Å²) in [6, 6.07) is 2.21. The summed E-state index contributed by atoms with van der Waals surface area (Å²) in [4.78, 5) is 8.62. The molecular weight excluding hydrogens is 188 g/mol. The second kappa shape index (κ2) is 4.14. The number of nitrogens with one attached hydrogen (secondary N) is 1. The molecule has 1 aromatic heterocycles. The fraction of sp³-hybridized carbons (Fsp3) is 0.636. The van der Waals surface area contributed by atoms with Gasteiger partial charge in [-0.1, -0.05) is 0 Å². The van der Waals surface area contributed by atoms with Crippen LogP contribution >= 0.6 is 0 Å². The maximum atomic E-state index is 5.98. The van der Waals surface area contributed by atoms with E-state index in [-0.39, 0.29) is 6.04 Å². The van der Waals surface area contributed by atoms with Crippen LogP contribution in [-0.4, -0.2) is 22.6 Å². The quantitative estimate of drug-likeness (QED) is 0.778. The van der Waals surface area contributed by atoms with Crippen molar-refractivity contribution in [2.45, 2.75) is 32.7 Å². The lowest BCUT2D eigenvalue weighted by atomic mass is 10.2. The molecule has 1 unspecified atom stereocenters. The van der Waals surface area contributed by atoms with E-state index in [2.05, 4.69) is 15.3 Å². The van der Waals surface area contributed by atoms with Crippen LogP contribution in [0.4, 0.5) is 5.95 Å². The number of rotatable bonds is 4. The number of hydrogen-bond acceptors (Lipinski definition) is 4. The van der Waals surface area contributed by atoms with Gasteiger partial charge in [-0.25, -0.2) is 9.97 Å². The number of aryl methyl sites for hydroxylation is 2. The second-order valence-corrected chi connectivity index (χ2v) is 4.36. The van der Waals surface area contributed by atoms with Crippen LogP contribution in [0.3, 0.4) is 0 Å². The number of anilines is 1. The topological polar surface area (TPSA) is 63.8 Å². The molecule has 1 fully saturated rings. The number of aromatic nitrogens is 2. The van der Waals surface area contributed by atoms with Crippen LogP contribution in [-0.2, 0) is 0 Å². The van der Waals surface area contributed by atoms with Crippen molar-refractivity contribution in [3.63, 3.8) is 0 Å². The third kappa shape index (κ3) is 2.89. The van der Waals surface area contributed by atoms with Crippen molar-refractivity contribution in [3.8, 4) is 0 Å². The summed E-state index contributed by atoms with van der Waals surface area (Å²) in [5.41, 5.74) is 7.97. The highest BCUT2D eigenvalue weighted by molar-refractivity contribution is 5.28. The first kappa shape index (κ1) is 10.4. The van der Waals surface area contributed by atoms with Crippen LogP contribution in [0, 0.1) is 19.8 Å². The lowest BCUT2D eigenvalue weighted by molar-refractivity contribution is 0.618. The zero-order valence-electron chi connectivity index (χ0n) is 9.33. The van der Waals surface area contributed by atoms with Crippen LogP contribution in [0.5, 0.6) is 0 Å². The minimum absolute atomic E-state index is 0.245. The highest BCUT2D eigenvalue weighted by Crippen LogP contribution is 2.31. The highest BCUT2D eigenvalue weighted by Gasteiger charge is 2.28. The molecule has 4 heteroatoms. The van der Waals surface area contributed by atoms with Crippen molar-refractivity contribution in [1.29, 1.82) is 0 Å². The molecule has 0 aliphatic heterocycles. The molecule has 3 N–H and O–H groups in total. The minimum Gasteiger partial charge on any atom is -0.353 e. The highest BCUT2D eigenvalue weighted by atomic mass is 15.1. The molecule has 1 aliphatic carbocycles. The maximum Gasteiger partial charge on any atom is 0.223 e. The molecule has 0 amide bonds. The summed E-state index contributed by atoms with van der Waals surface area (Å²) in [7, 11) is 0. The molecule has 2 rings (SSSR count). The predicted octanol–water partition coefficient (Wildman–Crippen LogP) is 1.24. The molecule has 0 bridgehead atoms. The molecule has 15 heavy (non-hydrogen) atoms.